The first-order chi connectivity index (χ1) is 7.62. The molecular formula is C10H9F3O3S. The number of hydrogen-bond acceptors (Lipinski definition) is 3. The van der Waals surface area contributed by atoms with E-state index in [0.717, 1.165) is 6.26 Å². The lowest BCUT2D eigenvalue weighted by Crippen LogP contribution is -2.25. The van der Waals surface area contributed by atoms with E-state index in [-0.39, 0.29) is 10.5 Å². The van der Waals surface area contributed by atoms with E-state index >= 15 is 0 Å². The number of carbonyl (C=O) groups excluding carboxylic acids is 1. The average Bonchev–Trinajstić information content (AvgIpc) is 2.15. The molecule has 0 aliphatic heterocycles. The molecule has 0 aromatic heterocycles. The number of carbonyl (C=O) groups is 1. The Kier molecular flexibility index (Phi) is 3.61. The second-order valence-electron chi connectivity index (χ2n) is 3.48. The molecule has 0 heterocycles. The number of sulfone groups is 1. The van der Waals surface area contributed by atoms with Crippen LogP contribution in [0.25, 0.3) is 0 Å². The van der Waals surface area contributed by atoms with Crippen molar-refractivity contribution in [1.82, 2.24) is 0 Å². The second kappa shape index (κ2) is 4.48. The van der Waals surface area contributed by atoms with E-state index in [2.05, 4.69) is 0 Å². The van der Waals surface area contributed by atoms with Crippen molar-refractivity contribution in [3.8, 4) is 0 Å². The van der Waals surface area contributed by atoms with Gasteiger partial charge >= 0.3 is 6.18 Å². The SMILES string of the molecule is CS(=O)(=O)c1ccccc1CC(=O)C(F)(F)F. The molecule has 17 heavy (non-hydrogen) atoms. The van der Waals surface area contributed by atoms with Crippen molar-refractivity contribution in [2.24, 2.45) is 0 Å². The van der Waals surface area contributed by atoms with Crippen LogP contribution in [0.1, 0.15) is 5.56 Å². The summed E-state index contributed by atoms with van der Waals surface area (Å²) in [5.41, 5.74) is -0.141. The first-order valence-corrected chi connectivity index (χ1v) is 6.39. The second-order valence-corrected chi connectivity index (χ2v) is 5.46. The fourth-order valence-corrected chi connectivity index (χ4v) is 2.23. The number of hydrogen-bond donors (Lipinski definition) is 0. The monoisotopic (exact) mass is 266 g/mol. The third-order valence-corrected chi connectivity index (χ3v) is 3.24. The molecule has 0 fully saturated rings. The van der Waals surface area contributed by atoms with Gasteiger partial charge in [0.15, 0.2) is 9.84 Å². The third kappa shape index (κ3) is 3.55. The number of halogens is 3. The van der Waals surface area contributed by atoms with Gasteiger partial charge in [0, 0.05) is 12.7 Å². The van der Waals surface area contributed by atoms with Gasteiger partial charge in [-0.05, 0) is 11.6 Å². The maximum atomic E-state index is 12.1. The highest BCUT2D eigenvalue weighted by atomic mass is 32.2. The van der Waals surface area contributed by atoms with E-state index in [1.807, 2.05) is 0 Å². The van der Waals surface area contributed by atoms with Crippen molar-refractivity contribution in [3.63, 3.8) is 0 Å². The van der Waals surface area contributed by atoms with Crippen molar-refractivity contribution in [3.05, 3.63) is 29.8 Å². The van der Waals surface area contributed by atoms with E-state index in [1.165, 1.54) is 24.3 Å². The molecule has 0 spiro atoms. The van der Waals surface area contributed by atoms with Gasteiger partial charge in [-0.15, -0.1) is 0 Å². The fourth-order valence-electron chi connectivity index (χ4n) is 1.28. The van der Waals surface area contributed by atoms with Gasteiger partial charge in [0.1, 0.15) is 0 Å². The van der Waals surface area contributed by atoms with Gasteiger partial charge in [0.05, 0.1) is 4.90 Å². The van der Waals surface area contributed by atoms with Crippen LogP contribution in [0.3, 0.4) is 0 Å². The Morgan fingerprint density at radius 2 is 1.76 bits per heavy atom. The molecule has 94 valence electrons. The molecule has 0 bridgehead atoms. The highest BCUT2D eigenvalue weighted by Crippen LogP contribution is 2.22. The summed E-state index contributed by atoms with van der Waals surface area (Å²) in [5, 5.41) is 0. The van der Waals surface area contributed by atoms with Gasteiger partial charge in [0.2, 0.25) is 5.78 Å². The van der Waals surface area contributed by atoms with Gasteiger partial charge < -0.3 is 0 Å². The lowest BCUT2D eigenvalue weighted by Gasteiger charge is -2.08. The molecule has 1 aromatic carbocycles. The summed E-state index contributed by atoms with van der Waals surface area (Å²) in [6.45, 7) is 0. The number of benzene rings is 1. The molecule has 0 aliphatic rings. The zero-order valence-corrected chi connectivity index (χ0v) is 9.60. The molecule has 7 heteroatoms. The van der Waals surface area contributed by atoms with Gasteiger partial charge in [-0.25, -0.2) is 8.42 Å². The van der Waals surface area contributed by atoms with E-state index < -0.39 is 28.2 Å². The van der Waals surface area contributed by atoms with Crippen molar-refractivity contribution in [2.45, 2.75) is 17.5 Å². The van der Waals surface area contributed by atoms with Gasteiger partial charge in [-0.2, -0.15) is 13.2 Å². The molecule has 1 aromatic rings. The summed E-state index contributed by atoms with van der Waals surface area (Å²) >= 11 is 0. The largest absolute Gasteiger partial charge is 0.450 e. The summed E-state index contributed by atoms with van der Waals surface area (Å²) in [5.74, 6) is -1.96. The molecule has 0 amide bonds. The molecule has 1 rings (SSSR count). The minimum atomic E-state index is -4.95. The van der Waals surface area contributed by atoms with Crippen LogP contribution in [-0.2, 0) is 21.1 Å². The number of alkyl halides is 3. The number of ketones is 1. The molecule has 0 saturated heterocycles. The predicted molar refractivity (Wildman–Crippen MR) is 54.3 cm³/mol. The lowest BCUT2D eigenvalue weighted by atomic mass is 10.1. The molecular weight excluding hydrogens is 257 g/mol. The van der Waals surface area contributed by atoms with Crippen LogP contribution in [0.2, 0.25) is 0 Å². The van der Waals surface area contributed by atoms with Crippen molar-refractivity contribution >= 4 is 15.6 Å². The van der Waals surface area contributed by atoms with Gasteiger partial charge in [-0.3, -0.25) is 4.79 Å². The van der Waals surface area contributed by atoms with E-state index in [1.54, 1.807) is 0 Å². The fraction of sp³-hybridized carbons (Fsp3) is 0.300. The Bertz CT molecular complexity index is 532. The molecule has 0 unspecified atom stereocenters. The van der Waals surface area contributed by atoms with Crippen LogP contribution >= 0.6 is 0 Å². The van der Waals surface area contributed by atoms with E-state index in [9.17, 15) is 26.4 Å². The summed E-state index contributed by atoms with van der Waals surface area (Å²) in [6.07, 6.45) is -5.04. The van der Waals surface area contributed by atoms with E-state index in [4.69, 9.17) is 0 Å². The number of rotatable bonds is 3. The van der Waals surface area contributed by atoms with E-state index in [0.29, 0.717) is 0 Å². The van der Waals surface area contributed by atoms with Crippen LogP contribution in [0.15, 0.2) is 29.2 Å². The standard InChI is InChI=1S/C10H9F3O3S/c1-17(15,16)8-5-3-2-4-7(8)6-9(14)10(11,12)13/h2-5H,6H2,1H3. The normalized spacial score (nSPS) is 12.5. The topological polar surface area (TPSA) is 51.2 Å². The Hall–Kier alpha value is -1.37. The summed E-state index contributed by atoms with van der Waals surface area (Å²) in [4.78, 5) is 10.5. The van der Waals surface area contributed by atoms with Crippen LogP contribution in [0.5, 0.6) is 0 Å². The average molecular weight is 266 g/mol. The van der Waals surface area contributed by atoms with Crippen LogP contribution < -0.4 is 0 Å². The lowest BCUT2D eigenvalue weighted by molar-refractivity contribution is -0.170. The highest BCUT2D eigenvalue weighted by Gasteiger charge is 2.38. The van der Waals surface area contributed by atoms with Crippen molar-refractivity contribution in [1.29, 1.82) is 0 Å². The molecule has 0 radical (unpaired) electrons. The summed E-state index contributed by atoms with van der Waals surface area (Å²) in [7, 11) is -3.64. The zero-order chi connectivity index (χ0) is 13.3. The first kappa shape index (κ1) is 13.7. The molecule has 0 aliphatic carbocycles. The Morgan fingerprint density at radius 3 is 2.24 bits per heavy atom. The third-order valence-electron chi connectivity index (χ3n) is 2.04. The van der Waals surface area contributed by atoms with Crippen molar-refractivity contribution < 1.29 is 26.4 Å². The quantitative estimate of drug-likeness (QED) is 0.837. The predicted octanol–water partition coefficient (Wildman–Crippen LogP) is 1.76. The van der Waals surface area contributed by atoms with Gasteiger partial charge in [-0.1, -0.05) is 18.2 Å². The van der Waals surface area contributed by atoms with Crippen LogP contribution in [0, 0.1) is 0 Å². The zero-order valence-electron chi connectivity index (χ0n) is 8.78. The van der Waals surface area contributed by atoms with Crippen LogP contribution in [0.4, 0.5) is 13.2 Å². The summed E-state index contributed by atoms with van der Waals surface area (Å²) < 4.78 is 58.8. The molecule has 0 N–H and O–H groups in total. The minimum Gasteiger partial charge on any atom is -0.289 e. The maximum Gasteiger partial charge on any atom is 0.450 e. The molecule has 3 nitrogen and oxygen atoms in total. The number of Topliss-reactive ketones (excluding diaryl/α,β-unsaturated/α-hetero) is 1. The van der Waals surface area contributed by atoms with Gasteiger partial charge in [0.25, 0.3) is 0 Å². The first-order valence-electron chi connectivity index (χ1n) is 4.50. The Morgan fingerprint density at radius 1 is 1.24 bits per heavy atom. The maximum absolute atomic E-state index is 12.1. The smallest absolute Gasteiger partial charge is 0.289 e. The van der Waals surface area contributed by atoms with Crippen LogP contribution in [-0.4, -0.2) is 26.6 Å². The highest BCUT2D eigenvalue weighted by molar-refractivity contribution is 7.90. The molecule has 0 saturated carbocycles. The van der Waals surface area contributed by atoms with Crippen molar-refractivity contribution in [2.75, 3.05) is 6.26 Å². The minimum absolute atomic E-state index is 0.141. The Labute approximate surface area is 96.2 Å². The Balaban J connectivity index is 3.13. The summed E-state index contributed by atoms with van der Waals surface area (Å²) in [6, 6.07) is 5.14. The molecule has 0 atom stereocenters.